The minimum Gasteiger partial charge on any atom is -0.467 e. The lowest BCUT2D eigenvalue weighted by molar-refractivity contribution is -0.156. The van der Waals surface area contributed by atoms with E-state index < -0.39 is 41.2 Å². The number of hydrogen-bond acceptors (Lipinski definition) is 4. The Morgan fingerprint density at radius 3 is 2.35 bits per heavy atom. The average molecular weight is 250 g/mol. The molecule has 0 spiro atoms. The lowest BCUT2D eigenvalue weighted by Gasteiger charge is -2.16. The van der Waals surface area contributed by atoms with Gasteiger partial charge in [0, 0.05) is 5.56 Å². The van der Waals surface area contributed by atoms with Gasteiger partial charge in [-0.05, 0) is 6.07 Å². The summed E-state index contributed by atoms with van der Waals surface area (Å²) >= 11 is 0. The normalized spacial score (nSPS) is 14.2. The molecule has 0 radical (unpaired) electrons. The van der Waals surface area contributed by atoms with E-state index in [2.05, 4.69) is 4.74 Å². The van der Waals surface area contributed by atoms with E-state index >= 15 is 0 Å². The molecule has 0 saturated carbocycles. The number of aliphatic hydroxyl groups is 2. The Kier molecular flexibility index (Phi) is 4.08. The van der Waals surface area contributed by atoms with Gasteiger partial charge in [-0.1, -0.05) is 6.07 Å². The van der Waals surface area contributed by atoms with Gasteiger partial charge in [-0.15, -0.1) is 0 Å². The number of aliphatic hydroxyl groups excluding tert-OH is 2. The quantitative estimate of drug-likeness (QED) is 0.611. The van der Waals surface area contributed by atoms with Crippen LogP contribution >= 0.6 is 0 Å². The van der Waals surface area contributed by atoms with Crippen LogP contribution in [0, 0.1) is 17.5 Å². The average Bonchev–Trinajstić information content (AvgIpc) is 2.33. The standard InChI is InChI=1S/C10H9F3O4/c1-17-10(16)9(15)8(14)4-2-3-5(11)7(13)6(4)12/h2-3,8-9,14-15H,1H3. The number of hydrogen-bond donors (Lipinski definition) is 2. The van der Waals surface area contributed by atoms with Crippen LogP contribution in [-0.4, -0.2) is 29.4 Å². The van der Waals surface area contributed by atoms with Crippen LogP contribution in [0.15, 0.2) is 12.1 Å². The Morgan fingerprint density at radius 2 is 1.82 bits per heavy atom. The lowest BCUT2D eigenvalue weighted by Crippen LogP contribution is -2.29. The van der Waals surface area contributed by atoms with Gasteiger partial charge in [0.05, 0.1) is 7.11 Å². The van der Waals surface area contributed by atoms with Crippen molar-refractivity contribution >= 4 is 5.97 Å². The molecule has 1 aromatic carbocycles. The first-order valence-corrected chi connectivity index (χ1v) is 4.47. The van der Waals surface area contributed by atoms with E-state index in [0.29, 0.717) is 6.07 Å². The summed E-state index contributed by atoms with van der Waals surface area (Å²) in [6.45, 7) is 0. The molecule has 0 aliphatic carbocycles. The van der Waals surface area contributed by atoms with E-state index in [-0.39, 0.29) is 0 Å². The smallest absolute Gasteiger partial charge is 0.337 e. The Bertz CT molecular complexity index is 436. The maximum absolute atomic E-state index is 13.2. The highest BCUT2D eigenvalue weighted by Crippen LogP contribution is 2.24. The Balaban J connectivity index is 3.09. The van der Waals surface area contributed by atoms with Gasteiger partial charge in [0.2, 0.25) is 0 Å². The van der Waals surface area contributed by atoms with E-state index in [9.17, 15) is 28.2 Å². The fourth-order valence-electron chi connectivity index (χ4n) is 1.19. The van der Waals surface area contributed by atoms with Crippen LogP contribution in [0.25, 0.3) is 0 Å². The predicted molar refractivity (Wildman–Crippen MR) is 49.3 cm³/mol. The number of rotatable bonds is 3. The number of halogens is 3. The zero-order chi connectivity index (χ0) is 13.2. The molecule has 0 amide bonds. The molecule has 1 rings (SSSR count). The van der Waals surface area contributed by atoms with E-state index in [1.165, 1.54) is 0 Å². The van der Waals surface area contributed by atoms with Gasteiger partial charge in [-0.2, -0.15) is 0 Å². The molecule has 0 aromatic heterocycles. The van der Waals surface area contributed by atoms with Gasteiger partial charge in [-0.25, -0.2) is 18.0 Å². The highest BCUT2D eigenvalue weighted by molar-refractivity contribution is 5.75. The van der Waals surface area contributed by atoms with E-state index in [0.717, 1.165) is 13.2 Å². The zero-order valence-electron chi connectivity index (χ0n) is 8.65. The first-order chi connectivity index (χ1) is 7.90. The van der Waals surface area contributed by atoms with Crippen molar-refractivity contribution < 1.29 is 32.9 Å². The molecule has 0 bridgehead atoms. The highest BCUT2D eigenvalue weighted by Gasteiger charge is 2.30. The van der Waals surface area contributed by atoms with Crippen molar-refractivity contribution in [2.75, 3.05) is 7.11 Å². The molecule has 2 atom stereocenters. The third kappa shape index (κ3) is 2.56. The molecule has 0 fully saturated rings. The summed E-state index contributed by atoms with van der Waals surface area (Å²) < 4.78 is 42.7. The summed E-state index contributed by atoms with van der Waals surface area (Å²) in [4.78, 5) is 10.9. The van der Waals surface area contributed by atoms with Crippen LogP contribution in [0.2, 0.25) is 0 Å². The second-order valence-corrected chi connectivity index (χ2v) is 3.18. The molecule has 0 aliphatic heterocycles. The Hall–Kier alpha value is -1.60. The summed E-state index contributed by atoms with van der Waals surface area (Å²) in [7, 11) is 0.944. The van der Waals surface area contributed by atoms with Gasteiger partial charge in [0.1, 0.15) is 6.10 Å². The molecule has 0 aliphatic rings. The van der Waals surface area contributed by atoms with Crippen LogP contribution in [-0.2, 0) is 9.53 Å². The number of carbonyl (C=O) groups is 1. The first kappa shape index (κ1) is 13.5. The molecule has 0 saturated heterocycles. The molecule has 2 N–H and O–H groups in total. The van der Waals surface area contributed by atoms with Crippen molar-refractivity contribution in [2.45, 2.75) is 12.2 Å². The van der Waals surface area contributed by atoms with Crippen LogP contribution in [0.4, 0.5) is 13.2 Å². The summed E-state index contributed by atoms with van der Waals surface area (Å²) in [5.74, 6) is -6.12. The summed E-state index contributed by atoms with van der Waals surface area (Å²) in [6, 6.07) is 1.30. The van der Waals surface area contributed by atoms with Gasteiger partial charge < -0.3 is 14.9 Å². The second-order valence-electron chi connectivity index (χ2n) is 3.18. The SMILES string of the molecule is COC(=O)C(O)C(O)c1ccc(F)c(F)c1F. The molecule has 1 aromatic rings. The number of esters is 1. The van der Waals surface area contributed by atoms with E-state index in [1.807, 2.05) is 0 Å². The lowest BCUT2D eigenvalue weighted by atomic mass is 10.0. The maximum atomic E-state index is 13.2. The van der Waals surface area contributed by atoms with Gasteiger partial charge in [0.15, 0.2) is 23.6 Å². The highest BCUT2D eigenvalue weighted by atomic mass is 19.2. The predicted octanol–water partition coefficient (Wildman–Crippen LogP) is 0.671. The third-order valence-corrected chi connectivity index (χ3v) is 2.13. The molecule has 0 heterocycles. The molecule has 94 valence electrons. The van der Waals surface area contributed by atoms with Crippen LogP contribution in [0.1, 0.15) is 11.7 Å². The second kappa shape index (κ2) is 5.15. The molecule has 7 heteroatoms. The largest absolute Gasteiger partial charge is 0.467 e. The summed E-state index contributed by atoms with van der Waals surface area (Å²) in [5.41, 5.74) is -0.734. The van der Waals surface area contributed by atoms with Crippen molar-refractivity contribution in [3.05, 3.63) is 35.1 Å². The maximum Gasteiger partial charge on any atom is 0.337 e. The van der Waals surface area contributed by atoms with E-state index in [1.54, 1.807) is 0 Å². The molecular weight excluding hydrogens is 241 g/mol. The first-order valence-electron chi connectivity index (χ1n) is 4.47. The summed E-state index contributed by atoms with van der Waals surface area (Å²) in [5, 5.41) is 18.6. The van der Waals surface area contributed by atoms with Gasteiger partial charge >= 0.3 is 5.97 Å². The van der Waals surface area contributed by atoms with E-state index in [4.69, 9.17) is 0 Å². The fraction of sp³-hybridized carbons (Fsp3) is 0.300. The molecule has 4 nitrogen and oxygen atoms in total. The Labute approximate surface area is 94.3 Å². The monoisotopic (exact) mass is 250 g/mol. The van der Waals surface area contributed by atoms with Crippen molar-refractivity contribution in [3.63, 3.8) is 0 Å². The summed E-state index contributed by atoms with van der Waals surface area (Å²) in [6.07, 6.45) is -4.13. The number of benzene rings is 1. The van der Waals surface area contributed by atoms with Gasteiger partial charge in [-0.3, -0.25) is 0 Å². The van der Waals surface area contributed by atoms with Crippen molar-refractivity contribution in [3.8, 4) is 0 Å². The third-order valence-electron chi connectivity index (χ3n) is 2.13. The van der Waals surface area contributed by atoms with Gasteiger partial charge in [0.25, 0.3) is 0 Å². The zero-order valence-corrected chi connectivity index (χ0v) is 8.65. The van der Waals surface area contributed by atoms with Crippen molar-refractivity contribution in [1.82, 2.24) is 0 Å². The van der Waals surface area contributed by atoms with Crippen molar-refractivity contribution in [1.29, 1.82) is 0 Å². The number of methoxy groups -OCH3 is 1. The van der Waals surface area contributed by atoms with Crippen LogP contribution in [0.3, 0.4) is 0 Å². The molecule has 17 heavy (non-hydrogen) atoms. The topological polar surface area (TPSA) is 66.8 Å². The number of ether oxygens (including phenoxy) is 1. The minimum absolute atomic E-state index is 0.570. The minimum atomic E-state index is -2.08. The van der Waals surface area contributed by atoms with Crippen LogP contribution < -0.4 is 0 Å². The van der Waals surface area contributed by atoms with Crippen molar-refractivity contribution in [2.24, 2.45) is 0 Å². The Morgan fingerprint density at radius 1 is 1.24 bits per heavy atom. The van der Waals surface area contributed by atoms with Crippen LogP contribution in [0.5, 0.6) is 0 Å². The number of carbonyl (C=O) groups excluding carboxylic acids is 1. The fourth-order valence-corrected chi connectivity index (χ4v) is 1.19. The molecular formula is C10H9F3O4. The molecule has 2 unspecified atom stereocenters.